The van der Waals surface area contributed by atoms with Crippen molar-refractivity contribution in [1.82, 2.24) is 0 Å². The maximum atomic E-state index is 13.0. The van der Waals surface area contributed by atoms with Crippen molar-refractivity contribution in [3.63, 3.8) is 0 Å². The summed E-state index contributed by atoms with van der Waals surface area (Å²) in [6.45, 7) is 1.97. The molecule has 78 valence electrons. The number of alkyl halides is 4. The summed E-state index contributed by atoms with van der Waals surface area (Å²) in [5.74, 6) is -1.87. The minimum atomic E-state index is -5.21. The van der Waals surface area contributed by atoms with Gasteiger partial charge in [0.25, 0.3) is 0 Å². The highest BCUT2D eigenvalue weighted by atomic mass is 19.4. The number of carbonyl (C=O) groups excluding carboxylic acids is 1. The van der Waals surface area contributed by atoms with Crippen LogP contribution < -0.4 is 0 Å². The van der Waals surface area contributed by atoms with Crippen molar-refractivity contribution in [1.29, 1.82) is 0 Å². The quantitative estimate of drug-likeness (QED) is 0.518. The highest BCUT2D eigenvalue weighted by Crippen LogP contribution is 2.37. The normalized spacial score (nSPS) is 16.5. The van der Waals surface area contributed by atoms with Crippen molar-refractivity contribution in [2.75, 3.05) is 6.61 Å². The Labute approximate surface area is 72.9 Å². The Kier molecular flexibility index (Phi) is 3.69. The van der Waals surface area contributed by atoms with E-state index >= 15 is 0 Å². The number of ether oxygens (including phenoxy) is 1. The van der Waals surface area contributed by atoms with Gasteiger partial charge >= 0.3 is 17.8 Å². The Morgan fingerprint density at radius 2 is 1.69 bits per heavy atom. The topological polar surface area (TPSA) is 26.3 Å². The van der Waals surface area contributed by atoms with Gasteiger partial charge in [0.15, 0.2) is 0 Å². The van der Waals surface area contributed by atoms with Crippen LogP contribution in [-0.4, -0.2) is 24.4 Å². The molecule has 0 aliphatic heterocycles. The van der Waals surface area contributed by atoms with Crippen molar-refractivity contribution >= 4 is 5.97 Å². The fourth-order valence-corrected chi connectivity index (χ4v) is 0.706. The predicted molar refractivity (Wildman–Crippen MR) is 36.8 cm³/mol. The molecule has 0 N–H and O–H groups in total. The van der Waals surface area contributed by atoms with Crippen LogP contribution in [0.15, 0.2) is 0 Å². The fraction of sp³-hybridized carbons (Fsp3) is 0.857. The summed E-state index contributed by atoms with van der Waals surface area (Å²) >= 11 is 0. The first-order valence-electron chi connectivity index (χ1n) is 3.72. The van der Waals surface area contributed by atoms with Crippen LogP contribution in [0.2, 0.25) is 0 Å². The van der Waals surface area contributed by atoms with E-state index in [0.29, 0.717) is 0 Å². The molecule has 0 spiro atoms. The van der Waals surface area contributed by atoms with Crippen molar-refractivity contribution in [2.45, 2.75) is 32.1 Å². The van der Waals surface area contributed by atoms with Gasteiger partial charge in [-0.2, -0.15) is 13.2 Å². The van der Waals surface area contributed by atoms with E-state index in [2.05, 4.69) is 4.74 Å². The van der Waals surface area contributed by atoms with Crippen LogP contribution >= 0.6 is 0 Å². The molecular formula is C7H10F4O2. The Morgan fingerprint density at radius 3 is 1.92 bits per heavy atom. The summed E-state index contributed by atoms with van der Waals surface area (Å²) in [6.07, 6.45) is -6.19. The molecule has 0 aliphatic rings. The second-order valence-electron chi connectivity index (χ2n) is 2.37. The fourth-order valence-electron chi connectivity index (χ4n) is 0.706. The second-order valence-corrected chi connectivity index (χ2v) is 2.37. The van der Waals surface area contributed by atoms with Crippen LogP contribution in [-0.2, 0) is 9.53 Å². The highest BCUT2D eigenvalue weighted by Gasteiger charge is 2.61. The highest BCUT2D eigenvalue weighted by molar-refractivity contribution is 5.80. The van der Waals surface area contributed by atoms with Gasteiger partial charge in [-0.15, -0.1) is 0 Å². The van der Waals surface area contributed by atoms with E-state index in [1.54, 1.807) is 0 Å². The van der Waals surface area contributed by atoms with Gasteiger partial charge < -0.3 is 4.74 Å². The monoisotopic (exact) mass is 202 g/mol. The van der Waals surface area contributed by atoms with E-state index in [4.69, 9.17) is 0 Å². The van der Waals surface area contributed by atoms with Crippen LogP contribution in [0.4, 0.5) is 17.6 Å². The summed E-state index contributed by atoms with van der Waals surface area (Å²) in [5, 5.41) is 0. The van der Waals surface area contributed by atoms with Gasteiger partial charge in [0.05, 0.1) is 6.61 Å². The van der Waals surface area contributed by atoms with E-state index in [-0.39, 0.29) is 6.61 Å². The zero-order chi connectivity index (χ0) is 10.7. The molecule has 0 bridgehead atoms. The van der Waals surface area contributed by atoms with Gasteiger partial charge in [0.1, 0.15) is 0 Å². The third-order valence-corrected chi connectivity index (χ3v) is 1.54. The van der Waals surface area contributed by atoms with E-state index in [1.807, 2.05) is 0 Å². The molecule has 0 heterocycles. The lowest BCUT2D eigenvalue weighted by Crippen LogP contribution is -2.48. The summed E-state index contributed by atoms with van der Waals surface area (Å²) in [4.78, 5) is 10.6. The van der Waals surface area contributed by atoms with E-state index < -0.39 is 24.2 Å². The third-order valence-electron chi connectivity index (χ3n) is 1.54. The number of hydrogen-bond acceptors (Lipinski definition) is 2. The lowest BCUT2D eigenvalue weighted by atomic mass is 10.0. The van der Waals surface area contributed by atoms with Gasteiger partial charge in [0.2, 0.25) is 0 Å². The SMILES string of the molecule is CCOC(=O)C(F)(CC)C(F)(F)F. The number of halogens is 4. The predicted octanol–water partition coefficient (Wildman–Crippen LogP) is 2.23. The van der Waals surface area contributed by atoms with Gasteiger partial charge in [-0.05, 0) is 13.3 Å². The summed E-state index contributed by atoms with van der Waals surface area (Å²) in [5.41, 5.74) is -3.87. The molecule has 0 radical (unpaired) electrons. The first kappa shape index (κ1) is 12.2. The molecule has 0 amide bonds. The van der Waals surface area contributed by atoms with Crippen LogP contribution in [0.1, 0.15) is 20.3 Å². The maximum absolute atomic E-state index is 13.0. The molecule has 0 aromatic carbocycles. The molecule has 0 aromatic rings. The van der Waals surface area contributed by atoms with Crippen molar-refractivity contribution in [3.05, 3.63) is 0 Å². The minimum Gasteiger partial charge on any atom is -0.463 e. The Morgan fingerprint density at radius 1 is 1.23 bits per heavy atom. The van der Waals surface area contributed by atoms with Gasteiger partial charge in [-0.1, -0.05) is 6.92 Å². The van der Waals surface area contributed by atoms with Crippen molar-refractivity contribution in [2.24, 2.45) is 0 Å². The van der Waals surface area contributed by atoms with Crippen LogP contribution in [0.5, 0.6) is 0 Å². The van der Waals surface area contributed by atoms with Gasteiger partial charge in [-0.3, -0.25) is 0 Å². The first-order chi connectivity index (χ1) is 5.79. The van der Waals surface area contributed by atoms with E-state index in [0.717, 1.165) is 6.92 Å². The minimum absolute atomic E-state index is 0.277. The number of rotatable bonds is 3. The summed E-state index contributed by atoms with van der Waals surface area (Å²) in [7, 11) is 0. The molecule has 13 heavy (non-hydrogen) atoms. The van der Waals surface area contributed by atoms with Gasteiger partial charge in [-0.25, -0.2) is 9.18 Å². The number of carbonyl (C=O) groups is 1. The standard InChI is InChI=1S/C7H10F4O2/c1-3-6(8,7(9,10)11)5(12)13-4-2/h3-4H2,1-2H3. The number of hydrogen-bond donors (Lipinski definition) is 0. The van der Waals surface area contributed by atoms with E-state index in [1.165, 1.54) is 6.92 Å². The number of esters is 1. The molecule has 2 nitrogen and oxygen atoms in total. The molecule has 0 fully saturated rings. The molecule has 6 heteroatoms. The Balaban J connectivity index is 4.73. The van der Waals surface area contributed by atoms with E-state index in [9.17, 15) is 22.4 Å². The lowest BCUT2D eigenvalue weighted by molar-refractivity contribution is -0.239. The summed E-state index contributed by atoms with van der Waals surface area (Å²) in [6, 6.07) is 0. The Bertz CT molecular complexity index is 189. The zero-order valence-corrected chi connectivity index (χ0v) is 7.24. The maximum Gasteiger partial charge on any atom is 0.433 e. The first-order valence-corrected chi connectivity index (χ1v) is 3.72. The second kappa shape index (κ2) is 3.93. The molecule has 0 rings (SSSR count). The van der Waals surface area contributed by atoms with Crippen LogP contribution in [0.3, 0.4) is 0 Å². The zero-order valence-electron chi connectivity index (χ0n) is 7.24. The smallest absolute Gasteiger partial charge is 0.433 e. The molecule has 0 saturated carbocycles. The van der Waals surface area contributed by atoms with Crippen LogP contribution in [0, 0.1) is 0 Å². The van der Waals surface area contributed by atoms with Crippen LogP contribution in [0.25, 0.3) is 0 Å². The molecule has 1 atom stereocenters. The third kappa shape index (κ3) is 2.32. The van der Waals surface area contributed by atoms with Crippen molar-refractivity contribution in [3.8, 4) is 0 Å². The van der Waals surface area contributed by atoms with Crippen molar-refractivity contribution < 1.29 is 27.1 Å². The average molecular weight is 202 g/mol. The Hall–Kier alpha value is -0.810. The molecule has 1 unspecified atom stereocenters. The molecule has 0 saturated heterocycles. The molecule has 0 aliphatic carbocycles. The lowest BCUT2D eigenvalue weighted by Gasteiger charge is -2.23. The molecular weight excluding hydrogens is 192 g/mol. The molecule has 0 aromatic heterocycles. The summed E-state index contributed by atoms with van der Waals surface area (Å²) < 4.78 is 53.0. The average Bonchev–Trinajstić information content (AvgIpc) is 2.01. The van der Waals surface area contributed by atoms with Gasteiger partial charge in [0, 0.05) is 0 Å². The largest absolute Gasteiger partial charge is 0.463 e.